The first-order valence-electron chi connectivity index (χ1n) is 2.77. The Kier molecular flexibility index (Phi) is 1.42. The molecule has 0 saturated carbocycles. The van der Waals surface area contributed by atoms with Crippen molar-refractivity contribution in [3.05, 3.63) is 0 Å². The van der Waals surface area contributed by atoms with E-state index in [0.29, 0.717) is 13.2 Å². The summed E-state index contributed by atoms with van der Waals surface area (Å²) in [5.74, 6) is -0.603. The van der Waals surface area contributed by atoms with E-state index in [1.165, 1.54) is 6.92 Å². The molecule has 1 aliphatic heterocycles. The van der Waals surface area contributed by atoms with Crippen molar-refractivity contribution in [2.75, 3.05) is 13.2 Å². The quantitative estimate of drug-likeness (QED) is 0.407. The summed E-state index contributed by atoms with van der Waals surface area (Å²) >= 11 is 0. The largest absolute Gasteiger partial charge is 0.461 e. The first-order chi connectivity index (χ1) is 4.13. The van der Waals surface area contributed by atoms with Gasteiger partial charge in [-0.15, -0.1) is 0 Å². The molecule has 0 aliphatic carbocycles. The molecular weight excluding hydrogens is 122 g/mol. The number of esters is 1. The minimum absolute atomic E-state index is 0.342. The summed E-state index contributed by atoms with van der Waals surface area (Å²) in [5, 5.41) is 11.6. The molecule has 1 saturated heterocycles. The molecule has 0 aromatic heterocycles. The van der Waals surface area contributed by atoms with Crippen molar-refractivity contribution in [2.45, 2.75) is 12.6 Å². The topological polar surface area (TPSA) is 58.6 Å². The molecule has 1 atom stereocenters. The maximum absolute atomic E-state index is 10.6. The molecule has 4 nitrogen and oxygen atoms in total. The lowest BCUT2D eigenvalue weighted by atomic mass is 10.2. The molecule has 0 radical (unpaired) electrons. The Hall–Kier alpha value is -0.610. The molecule has 1 unspecified atom stereocenters. The van der Waals surface area contributed by atoms with Crippen LogP contribution >= 0.6 is 0 Å². The lowest BCUT2D eigenvalue weighted by Gasteiger charge is -2.26. The SMILES string of the molecule is CC1(O)NCCOC1=O. The van der Waals surface area contributed by atoms with Gasteiger partial charge in [0.25, 0.3) is 0 Å². The molecule has 1 aliphatic rings. The molecule has 9 heavy (non-hydrogen) atoms. The van der Waals surface area contributed by atoms with Crippen LogP contribution in [0.2, 0.25) is 0 Å². The number of carbonyl (C=O) groups excluding carboxylic acids is 1. The number of rotatable bonds is 0. The van der Waals surface area contributed by atoms with Gasteiger partial charge in [-0.2, -0.15) is 0 Å². The molecule has 1 heterocycles. The zero-order valence-electron chi connectivity index (χ0n) is 5.18. The lowest BCUT2D eigenvalue weighted by Crippen LogP contribution is -2.55. The number of nitrogens with one attached hydrogen (secondary N) is 1. The van der Waals surface area contributed by atoms with E-state index in [2.05, 4.69) is 10.1 Å². The average molecular weight is 131 g/mol. The highest BCUT2D eigenvalue weighted by Crippen LogP contribution is 2.04. The molecule has 0 aromatic rings. The zero-order valence-corrected chi connectivity index (χ0v) is 5.18. The van der Waals surface area contributed by atoms with Gasteiger partial charge in [-0.25, -0.2) is 4.79 Å². The summed E-state index contributed by atoms with van der Waals surface area (Å²) in [7, 11) is 0. The fraction of sp³-hybridized carbons (Fsp3) is 0.800. The molecule has 0 spiro atoms. The minimum Gasteiger partial charge on any atom is -0.461 e. The second-order valence-electron chi connectivity index (χ2n) is 2.13. The zero-order chi connectivity index (χ0) is 6.91. The van der Waals surface area contributed by atoms with Gasteiger partial charge in [0.1, 0.15) is 6.61 Å². The van der Waals surface area contributed by atoms with Gasteiger partial charge < -0.3 is 9.84 Å². The molecule has 1 rings (SSSR count). The van der Waals surface area contributed by atoms with E-state index in [-0.39, 0.29) is 0 Å². The van der Waals surface area contributed by atoms with Gasteiger partial charge in [0.2, 0.25) is 5.72 Å². The van der Waals surface area contributed by atoms with Crippen molar-refractivity contribution < 1.29 is 14.6 Å². The van der Waals surface area contributed by atoms with Gasteiger partial charge >= 0.3 is 5.97 Å². The van der Waals surface area contributed by atoms with Crippen molar-refractivity contribution >= 4 is 5.97 Å². The predicted molar refractivity (Wildman–Crippen MR) is 29.6 cm³/mol. The van der Waals surface area contributed by atoms with Gasteiger partial charge in [0.15, 0.2) is 0 Å². The Labute approximate surface area is 52.8 Å². The van der Waals surface area contributed by atoms with E-state index < -0.39 is 11.7 Å². The van der Waals surface area contributed by atoms with Crippen molar-refractivity contribution in [3.8, 4) is 0 Å². The third-order valence-corrected chi connectivity index (χ3v) is 1.20. The Morgan fingerprint density at radius 2 is 2.56 bits per heavy atom. The second-order valence-corrected chi connectivity index (χ2v) is 2.13. The molecular formula is C5H9NO3. The number of morpholine rings is 1. The van der Waals surface area contributed by atoms with Crippen LogP contribution in [0.15, 0.2) is 0 Å². The van der Waals surface area contributed by atoms with Crippen molar-refractivity contribution in [2.24, 2.45) is 0 Å². The Morgan fingerprint density at radius 1 is 1.89 bits per heavy atom. The van der Waals surface area contributed by atoms with E-state index in [1.807, 2.05) is 0 Å². The highest BCUT2D eigenvalue weighted by Gasteiger charge is 2.34. The Balaban J connectivity index is 2.60. The maximum atomic E-state index is 10.6. The van der Waals surface area contributed by atoms with Crippen LogP contribution in [0, 0.1) is 0 Å². The number of hydrogen-bond acceptors (Lipinski definition) is 4. The Morgan fingerprint density at radius 3 is 2.89 bits per heavy atom. The van der Waals surface area contributed by atoms with Crippen LogP contribution in [0.5, 0.6) is 0 Å². The number of hydrogen-bond donors (Lipinski definition) is 2. The second kappa shape index (κ2) is 1.97. The Bertz CT molecular complexity index is 132. The molecule has 0 bridgehead atoms. The summed E-state index contributed by atoms with van der Waals surface area (Å²) in [5.41, 5.74) is -1.47. The van der Waals surface area contributed by atoms with Crippen molar-refractivity contribution in [3.63, 3.8) is 0 Å². The fourth-order valence-corrected chi connectivity index (χ4v) is 0.651. The smallest absolute Gasteiger partial charge is 0.353 e. The number of aliphatic hydroxyl groups is 1. The third kappa shape index (κ3) is 1.20. The van der Waals surface area contributed by atoms with Crippen LogP contribution in [-0.2, 0) is 9.53 Å². The number of ether oxygens (including phenoxy) is 1. The van der Waals surface area contributed by atoms with E-state index in [1.54, 1.807) is 0 Å². The van der Waals surface area contributed by atoms with E-state index >= 15 is 0 Å². The average Bonchev–Trinajstić information content (AvgIpc) is 1.77. The molecule has 0 amide bonds. The summed E-state index contributed by atoms with van der Waals surface area (Å²) in [6, 6.07) is 0. The van der Waals surface area contributed by atoms with Crippen LogP contribution in [0.1, 0.15) is 6.92 Å². The van der Waals surface area contributed by atoms with Crippen molar-refractivity contribution in [1.82, 2.24) is 5.32 Å². The maximum Gasteiger partial charge on any atom is 0.353 e. The first-order valence-corrected chi connectivity index (χ1v) is 2.77. The molecule has 52 valence electrons. The summed E-state index contributed by atoms with van der Waals surface area (Å²) in [4.78, 5) is 10.6. The number of cyclic esters (lactones) is 1. The minimum atomic E-state index is -1.47. The summed E-state index contributed by atoms with van der Waals surface area (Å²) in [6.45, 7) is 2.22. The standard InChI is InChI=1S/C5H9NO3/c1-5(8)4(7)9-3-2-6-5/h6,8H,2-3H2,1H3. The van der Waals surface area contributed by atoms with E-state index in [4.69, 9.17) is 5.11 Å². The van der Waals surface area contributed by atoms with Crippen LogP contribution in [0.25, 0.3) is 0 Å². The molecule has 4 heteroatoms. The molecule has 1 fully saturated rings. The summed E-state index contributed by atoms with van der Waals surface area (Å²) in [6.07, 6.45) is 0. The predicted octanol–water partition coefficient (Wildman–Crippen LogP) is -1.16. The first kappa shape index (κ1) is 6.51. The normalized spacial score (nSPS) is 36.0. The monoisotopic (exact) mass is 131 g/mol. The fourth-order valence-electron chi connectivity index (χ4n) is 0.651. The van der Waals surface area contributed by atoms with E-state index in [9.17, 15) is 4.79 Å². The number of carbonyl (C=O) groups is 1. The van der Waals surface area contributed by atoms with Crippen LogP contribution in [-0.4, -0.2) is 30.0 Å². The van der Waals surface area contributed by atoms with Gasteiger partial charge in [-0.1, -0.05) is 0 Å². The van der Waals surface area contributed by atoms with Crippen LogP contribution in [0.4, 0.5) is 0 Å². The van der Waals surface area contributed by atoms with E-state index in [0.717, 1.165) is 0 Å². The highest BCUT2D eigenvalue weighted by molar-refractivity contribution is 5.78. The van der Waals surface area contributed by atoms with Gasteiger partial charge in [-0.05, 0) is 6.92 Å². The molecule has 2 N–H and O–H groups in total. The highest BCUT2D eigenvalue weighted by atomic mass is 16.6. The van der Waals surface area contributed by atoms with Crippen LogP contribution < -0.4 is 5.32 Å². The van der Waals surface area contributed by atoms with Gasteiger partial charge in [-0.3, -0.25) is 5.32 Å². The summed E-state index contributed by atoms with van der Waals surface area (Å²) < 4.78 is 4.54. The van der Waals surface area contributed by atoms with Gasteiger partial charge in [0, 0.05) is 6.54 Å². The molecule has 0 aromatic carbocycles. The lowest BCUT2D eigenvalue weighted by molar-refractivity contribution is -0.174. The van der Waals surface area contributed by atoms with Crippen molar-refractivity contribution in [1.29, 1.82) is 0 Å². The van der Waals surface area contributed by atoms with Crippen LogP contribution in [0.3, 0.4) is 0 Å². The van der Waals surface area contributed by atoms with Gasteiger partial charge in [0.05, 0.1) is 0 Å². The third-order valence-electron chi connectivity index (χ3n) is 1.20.